The van der Waals surface area contributed by atoms with Gasteiger partial charge in [-0.3, -0.25) is 4.79 Å². The smallest absolute Gasteiger partial charge is 0.194 e. The molecule has 0 aliphatic carbocycles. The van der Waals surface area contributed by atoms with E-state index in [1.807, 2.05) is 0 Å². The zero-order valence-electron chi connectivity index (χ0n) is 8.58. The van der Waals surface area contributed by atoms with Gasteiger partial charge in [0.25, 0.3) is 0 Å². The van der Waals surface area contributed by atoms with Crippen molar-refractivity contribution in [2.45, 2.75) is 0 Å². The summed E-state index contributed by atoms with van der Waals surface area (Å²) in [6.07, 6.45) is 0. The summed E-state index contributed by atoms with van der Waals surface area (Å²) in [4.78, 5) is 12.1. The van der Waals surface area contributed by atoms with Crippen LogP contribution < -0.4 is 0 Å². The number of carbonyl (C=O) groups excluding carboxylic acids is 1. The Kier molecular flexibility index (Phi) is 3.60. The molecule has 0 saturated heterocycles. The first-order chi connectivity index (χ1) is 8.08. The molecule has 0 aliphatic heterocycles. The van der Waals surface area contributed by atoms with Gasteiger partial charge in [-0.2, -0.15) is 0 Å². The number of hydrogen-bond acceptors (Lipinski definition) is 1. The largest absolute Gasteiger partial charge is 0.289 e. The van der Waals surface area contributed by atoms with Crippen molar-refractivity contribution in [1.82, 2.24) is 0 Å². The quantitative estimate of drug-likeness (QED) is 0.748. The molecule has 0 fully saturated rings. The number of ketones is 1. The van der Waals surface area contributed by atoms with Crippen molar-refractivity contribution < 1.29 is 9.18 Å². The van der Waals surface area contributed by atoms with Gasteiger partial charge in [-0.15, -0.1) is 0 Å². The van der Waals surface area contributed by atoms with Crippen LogP contribution in [0, 0.1) is 5.82 Å². The first kappa shape index (κ1) is 12.3. The molecule has 86 valence electrons. The van der Waals surface area contributed by atoms with Crippen molar-refractivity contribution in [3.05, 3.63) is 68.9 Å². The first-order valence-electron chi connectivity index (χ1n) is 4.83. The lowest BCUT2D eigenvalue weighted by atomic mass is 10.0. The van der Waals surface area contributed by atoms with Gasteiger partial charge in [0.2, 0.25) is 0 Å². The maximum Gasteiger partial charge on any atom is 0.194 e. The van der Waals surface area contributed by atoms with Crippen LogP contribution in [0.2, 0.25) is 5.02 Å². The van der Waals surface area contributed by atoms with Crippen molar-refractivity contribution in [3.63, 3.8) is 0 Å². The third-order valence-electron chi connectivity index (χ3n) is 2.26. The molecule has 0 aliphatic rings. The van der Waals surface area contributed by atoms with Crippen LogP contribution >= 0.6 is 27.5 Å². The van der Waals surface area contributed by atoms with Crippen LogP contribution in [0.5, 0.6) is 0 Å². The molecule has 0 aromatic heterocycles. The molecule has 2 aromatic rings. The molecule has 2 aromatic carbocycles. The molecule has 0 amide bonds. The third kappa shape index (κ3) is 2.73. The summed E-state index contributed by atoms with van der Waals surface area (Å²) in [7, 11) is 0. The van der Waals surface area contributed by atoms with E-state index in [0.717, 1.165) is 0 Å². The van der Waals surface area contributed by atoms with Crippen molar-refractivity contribution in [2.24, 2.45) is 0 Å². The van der Waals surface area contributed by atoms with Crippen molar-refractivity contribution in [2.75, 3.05) is 0 Å². The second-order valence-corrected chi connectivity index (χ2v) is 4.75. The van der Waals surface area contributed by atoms with E-state index < -0.39 is 5.82 Å². The molecule has 0 radical (unpaired) electrons. The van der Waals surface area contributed by atoms with E-state index in [-0.39, 0.29) is 11.3 Å². The Bertz CT molecular complexity index is 583. The Morgan fingerprint density at radius 1 is 1.18 bits per heavy atom. The SMILES string of the molecule is O=C(c1cccc(Cl)c1)c1cc(F)ccc1Br. The van der Waals surface area contributed by atoms with Crippen molar-refractivity contribution >= 4 is 33.3 Å². The predicted octanol–water partition coefficient (Wildman–Crippen LogP) is 4.47. The molecular weight excluding hydrogens is 306 g/mol. The Morgan fingerprint density at radius 3 is 2.65 bits per heavy atom. The Balaban J connectivity index is 2.47. The topological polar surface area (TPSA) is 17.1 Å². The van der Waals surface area contributed by atoms with Gasteiger partial charge >= 0.3 is 0 Å². The Hall–Kier alpha value is -1.19. The summed E-state index contributed by atoms with van der Waals surface area (Å²) in [5.74, 6) is -0.711. The molecule has 0 saturated carbocycles. The number of halogens is 3. The van der Waals surface area contributed by atoms with Gasteiger partial charge < -0.3 is 0 Å². The number of hydrogen-bond donors (Lipinski definition) is 0. The first-order valence-corrected chi connectivity index (χ1v) is 6.00. The molecule has 0 N–H and O–H groups in total. The highest BCUT2D eigenvalue weighted by Crippen LogP contribution is 2.22. The fourth-order valence-corrected chi connectivity index (χ4v) is 2.07. The van der Waals surface area contributed by atoms with Crippen molar-refractivity contribution in [3.8, 4) is 0 Å². The fraction of sp³-hybridized carbons (Fsp3) is 0. The third-order valence-corrected chi connectivity index (χ3v) is 3.19. The number of benzene rings is 2. The summed E-state index contributed by atoms with van der Waals surface area (Å²) in [6, 6.07) is 10.6. The van der Waals surface area contributed by atoms with Crippen LogP contribution in [-0.2, 0) is 0 Å². The van der Waals surface area contributed by atoms with E-state index in [2.05, 4.69) is 15.9 Å². The molecule has 0 spiro atoms. The summed E-state index contributed by atoms with van der Waals surface area (Å²) < 4.78 is 13.7. The second kappa shape index (κ2) is 4.98. The highest BCUT2D eigenvalue weighted by Gasteiger charge is 2.13. The lowest BCUT2D eigenvalue weighted by Crippen LogP contribution is -2.02. The highest BCUT2D eigenvalue weighted by atomic mass is 79.9. The fourth-order valence-electron chi connectivity index (χ4n) is 1.46. The maximum absolute atomic E-state index is 13.1. The maximum atomic E-state index is 13.1. The van der Waals surface area contributed by atoms with Crippen LogP contribution in [-0.4, -0.2) is 5.78 Å². The number of rotatable bonds is 2. The molecule has 2 rings (SSSR count). The monoisotopic (exact) mass is 312 g/mol. The summed E-state index contributed by atoms with van der Waals surface area (Å²) in [5, 5.41) is 0.475. The lowest BCUT2D eigenvalue weighted by molar-refractivity contribution is 0.103. The molecule has 0 atom stereocenters. The minimum atomic E-state index is -0.446. The van der Waals surface area contributed by atoms with E-state index >= 15 is 0 Å². The van der Waals surface area contributed by atoms with E-state index in [1.165, 1.54) is 18.2 Å². The van der Waals surface area contributed by atoms with Gasteiger partial charge in [0.1, 0.15) is 5.82 Å². The second-order valence-electron chi connectivity index (χ2n) is 3.46. The molecule has 0 bridgehead atoms. The normalized spacial score (nSPS) is 10.3. The average molecular weight is 314 g/mol. The van der Waals surface area contributed by atoms with Crippen LogP contribution in [0.25, 0.3) is 0 Å². The van der Waals surface area contributed by atoms with Gasteiger partial charge in [0.05, 0.1) is 0 Å². The van der Waals surface area contributed by atoms with Crippen LogP contribution in [0.3, 0.4) is 0 Å². The molecule has 1 nitrogen and oxygen atoms in total. The van der Waals surface area contributed by atoms with E-state index in [0.29, 0.717) is 15.1 Å². The number of carbonyl (C=O) groups is 1. The lowest BCUT2D eigenvalue weighted by Gasteiger charge is -2.04. The molecule has 17 heavy (non-hydrogen) atoms. The summed E-state index contributed by atoms with van der Waals surface area (Å²) in [5.41, 5.74) is 0.719. The van der Waals surface area contributed by atoms with Crippen LogP contribution in [0.1, 0.15) is 15.9 Å². The average Bonchev–Trinajstić information content (AvgIpc) is 2.31. The van der Waals surface area contributed by atoms with Gasteiger partial charge in [-0.1, -0.05) is 39.7 Å². The summed E-state index contributed by atoms with van der Waals surface area (Å²) in [6.45, 7) is 0. The zero-order chi connectivity index (χ0) is 12.4. The van der Waals surface area contributed by atoms with Gasteiger partial charge in [-0.25, -0.2) is 4.39 Å². The van der Waals surface area contributed by atoms with Gasteiger partial charge in [0.15, 0.2) is 5.78 Å². The van der Waals surface area contributed by atoms with Crippen molar-refractivity contribution in [1.29, 1.82) is 0 Å². The predicted molar refractivity (Wildman–Crippen MR) is 69.0 cm³/mol. The van der Waals surface area contributed by atoms with E-state index in [4.69, 9.17) is 11.6 Å². The molecular formula is C13H7BrClFO. The standard InChI is InChI=1S/C13H7BrClFO/c14-12-5-4-10(16)7-11(12)13(17)8-2-1-3-9(15)6-8/h1-7H. The van der Waals surface area contributed by atoms with Gasteiger partial charge in [-0.05, 0) is 30.3 Å². The molecule has 0 unspecified atom stereocenters. The molecule has 4 heteroatoms. The van der Waals surface area contributed by atoms with Crippen LogP contribution in [0.4, 0.5) is 4.39 Å². The van der Waals surface area contributed by atoms with Gasteiger partial charge in [0, 0.05) is 20.6 Å². The summed E-state index contributed by atoms with van der Waals surface area (Å²) >= 11 is 9.04. The minimum Gasteiger partial charge on any atom is -0.289 e. The highest BCUT2D eigenvalue weighted by molar-refractivity contribution is 9.10. The zero-order valence-corrected chi connectivity index (χ0v) is 10.9. The molecule has 0 heterocycles. The van der Waals surface area contributed by atoms with E-state index in [1.54, 1.807) is 24.3 Å². The van der Waals surface area contributed by atoms with E-state index in [9.17, 15) is 9.18 Å². The Labute approximate surface area is 111 Å². The Morgan fingerprint density at radius 2 is 1.94 bits per heavy atom. The van der Waals surface area contributed by atoms with Crippen LogP contribution in [0.15, 0.2) is 46.9 Å². The minimum absolute atomic E-state index is 0.265.